The Balaban J connectivity index is 2.34. The molecule has 0 aliphatic carbocycles. The van der Waals surface area contributed by atoms with Gasteiger partial charge in [0, 0.05) is 0 Å². The minimum atomic E-state index is -1.32. The van der Waals surface area contributed by atoms with E-state index in [9.17, 15) is 9.59 Å². The molecular formula is C4H7NO4Si. The first-order chi connectivity index (χ1) is 4.61. The van der Waals surface area contributed by atoms with E-state index in [1.165, 1.54) is 4.57 Å². The van der Waals surface area contributed by atoms with Crippen LogP contribution in [0.1, 0.15) is 6.42 Å². The van der Waals surface area contributed by atoms with Crippen LogP contribution in [0.3, 0.4) is 0 Å². The lowest BCUT2D eigenvalue weighted by Crippen LogP contribution is -2.52. The number of carboxylic acid groups (broad SMARTS) is 1. The Morgan fingerprint density at radius 1 is 1.90 bits per heavy atom. The van der Waals surface area contributed by atoms with Gasteiger partial charge >= 0.3 is 6.16 Å². The van der Waals surface area contributed by atoms with Gasteiger partial charge in [0.15, 0.2) is 6.23 Å². The Morgan fingerprint density at radius 3 is 2.80 bits per heavy atom. The van der Waals surface area contributed by atoms with Crippen molar-refractivity contribution in [2.45, 2.75) is 12.6 Å². The molecular weight excluding hydrogens is 154 g/mol. The summed E-state index contributed by atoms with van der Waals surface area (Å²) in [5.41, 5.74) is 0. The number of carbonyl (C=O) groups is 2. The number of amides is 1. The molecule has 1 amide bonds. The summed E-state index contributed by atoms with van der Waals surface area (Å²) in [6, 6.07) is 0. The minimum Gasteiger partial charge on any atom is -0.450 e. The molecule has 1 rings (SSSR count). The van der Waals surface area contributed by atoms with Crippen molar-refractivity contribution in [2.75, 3.05) is 0 Å². The highest BCUT2D eigenvalue weighted by Crippen LogP contribution is 2.16. The monoisotopic (exact) mass is 161 g/mol. The first-order valence-corrected chi connectivity index (χ1v) is 3.66. The van der Waals surface area contributed by atoms with Gasteiger partial charge in [0.05, 0.1) is 6.42 Å². The van der Waals surface area contributed by atoms with Gasteiger partial charge < -0.3 is 14.4 Å². The zero-order valence-electron chi connectivity index (χ0n) is 5.40. The van der Waals surface area contributed by atoms with Crippen LogP contribution in [0.2, 0.25) is 0 Å². The maximum Gasteiger partial charge on any atom is 0.507 e. The zero-order chi connectivity index (χ0) is 7.72. The number of hydrogen-bond donors (Lipinski definition) is 1. The fourth-order valence-corrected chi connectivity index (χ4v) is 1.19. The Bertz CT molecular complexity index is 182. The summed E-state index contributed by atoms with van der Waals surface area (Å²) in [6.45, 7) is 0. The first kappa shape index (κ1) is 7.07. The number of β-lactam (4-membered cyclic amide) rings is 1. The molecule has 1 N–H and O–H groups in total. The molecule has 0 saturated carbocycles. The van der Waals surface area contributed by atoms with Crippen molar-refractivity contribution in [3.05, 3.63) is 0 Å². The quantitative estimate of drug-likeness (QED) is 0.289. The van der Waals surface area contributed by atoms with Crippen molar-refractivity contribution >= 4 is 22.5 Å². The van der Waals surface area contributed by atoms with E-state index >= 15 is 0 Å². The lowest BCUT2D eigenvalue weighted by Gasteiger charge is -2.35. The van der Waals surface area contributed by atoms with E-state index in [1.807, 2.05) is 0 Å². The van der Waals surface area contributed by atoms with Crippen LogP contribution in [0.5, 0.6) is 0 Å². The summed E-state index contributed by atoms with van der Waals surface area (Å²) in [4.78, 5) is 20.4. The maximum absolute atomic E-state index is 10.5. The molecule has 1 saturated heterocycles. The summed E-state index contributed by atoms with van der Waals surface area (Å²) >= 11 is 0. The smallest absolute Gasteiger partial charge is 0.450 e. The summed E-state index contributed by atoms with van der Waals surface area (Å²) < 4.78 is 5.71. The molecule has 0 aromatic heterocycles. The van der Waals surface area contributed by atoms with Gasteiger partial charge in [-0.1, -0.05) is 0 Å². The highest BCUT2D eigenvalue weighted by molar-refractivity contribution is 6.17. The normalized spacial score (nSPS) is 24.2. The molecule has 0 radical (unpaired) electrons. The largest absolute Gasteiger partial charge is 0.507 e. The van der Waals surface area contributed by atoms with E-state index < -0.39 is 12.4 Å². The van der Waals surface area contributed by atoms with Crippen LogP contribution < -0.4 is 0 Å². The average molecular weight is 161 g/mol. The predicted molar refractivity (Wildman–Crippen MR) is 34.3 cm³/mol. The lowest BCUT2D eigenvalue weighted by atomic mass is 10.2. The minimum absolute atomic E-state index is 0.0297. The van der Waals surface area contributed by atoms with E-state index in [-0.39, 0.29) is 12.3 Å². The predicted octanol–water partition coefficient (Wildman–Crippen LogP) is -1.48. The van der Waals surface area contributed by atoms with E-state index in [4.69, 9.17) is 5.11 Å². The van der Waals surface area contributed by atoms with Crippen molar-refractivity contribution in [1.29, 1.82) is 0 Å². The van der Waals surface area contributed by atoms with Crippen molar-refractivity contribution in [2.24, 2.45) is 0 Å². The Hall–Kier alpha value is -1.04. The molecule has 0 bridgehead atoms. The van der Waals surface area contributed by atoms with E-state index in [1.54, 1.807) is 0 Å². The number of rotatable bonds is 1. The maximum atomic E-state index is 10.5. The van der Waals surface area contributed by atoms with Crippen LogP contribution in [0.15, 0.2) is 0 Å². The second kappa shape index (κ2) is 2.29. The Labute approximate surface area is 60.1 Å². The summed E-state index contributed by atoms with van der Waals surface area (Å²) in [6.07, 6.45) is -1.62. The molecule has 1 aliphatic heterocycles. The van der Waals surface area contributed by atoms with Crippen LogP contribution in [0.25, 0.3) is 0 Å². The van der Waals surface area contributed by atoms with Crippen LogP contribution >= 0.6 is 0 Å². The van der Waals surface area contributed by atoms with E-state index in [2.05, 4.69) is 4.74 Å². The van der Waals surface area contributed by atoms with Crippen molar-refractivity contribution < 1.29 is 19.4 Å². The number of hydrogen-bond acceptors (Lipinski definition) is 3. The molecule has 1 unspecified atom stereocenters. The van der Waals surface area contributed by atoms with Crippen molar-refractivity contribution in [3.8, 4) is 0 Å². The van der Waals surface area contributed by atoms with Crippen molar-refractivity contribution in [1.82, 2.24) is 4.57 Å². The van der Waals surface area contributed by atoms with E-state index in [0.717, 1.165) is 0 Å². The van der Waals surface area contributed by atoms with Gasteiger partial charge in [0.1, 0.15) is 10.4 Å². The number of nitrogens with zero attached hydrogens (tertiary/aromatic N) is 1. The van der Waals surface area contributed by atoms with Crippen LogP contribution in [-0.4, -0.2) is 38.4 Å². The third kappa shape index (κ3) is 1.10. The molecule has 56 valence electrons. The average Bonchev–Trinajstić information content (AvgIpc) is 1.86. The van der Waals surface area contributed by atoms with E-state index in [0.29, 0.717) is 10.4 Å². The number of ether oxygens (including phenoxy) is 1. The van der Waals surface area contributed by atoms with Crippen LogP contribution in [0.4, 0.5) is 4.79 Å². The standard InChI is InChI=1S/C4H7NO4Si/c6-2-1-3(5(2)10)9-4(7)8/h3H,1H2,10H3,(H,7,8). The summed E-state index contributed by atoms with van der Waals surface area (Å²) in [7, 11) is 0.524. The van der Waals surface area contributed by atoms with Gasteiger partial charge in [-0.05, 0) is 0 Å². The Kier molecular flexibility index (Phi) is 1.62. The third-order valence-electron chi connectivity index (χ3n) is 1.41. The lowest BCUT2D eigenvalue weighted by molar-refractivity contribution is -0.152. The molecule has 1 aliphatic rings. The molecule has 10 heavy (non-hydrogen) atoms. The molecule has 0 aromatic rings. The third-order valence-corrected chi connectivity index (χ3v) is 2.49. The SMILES string of the molecule is O=C(O)OC1CC(=O)N1[SiH3]. The first-order valence-electron chi connectivity index (χ1n) is 2.76. The molecule has 0 spiro atoms. The zero-order valence-corrected chi connectivity index (χ0v) is 7.40. The molecule has 1 atom stereocenters. The van der Waals surface area contributed by atoms with Crippen LogP contribution in [-0.2, 0) is 9.53 Å². The molecule has 1 heterocycles. The van der Waals surface area contributed by atoms with Crippen molar-refractivity contribution in [3.63, 3.8) is 0 Å². The summed E-state index contributed by atoms with van der Waals surface area (Å²) in [5.74, 6) is -0.0297. The molecule has 0 aromatic carbocycles. The highest BCUT2D eigenvalue weighted by atomic mass is 28.2. The van der Waals surface area contributed by atoms with Gasteiger partial charge in [0.25, 0.3) is 0 Å². The Morgan fingerprint density at radius 2 is 2.50 bits per heavy atom. The fourth-order valence-electron chi connectivity index (χ4n) is 0.716. The number of carbonyl (C=O) groups excluding carboxylic acids is 1. The van der Waals surface area contributed by atoms with Gasteiger partial charge in [-0.25, -0.2) is 4.79 Å². The van der Waals surface area contributed by atoms with Crippen LogP contribution in [0, 0.1) is 0 Å². The van der Waals surface area contributed by atoms with Gasteiger partial charge in [-0.15, -0.1) is 0 Å². The second-order valence-corrected chi connectivity index (χ2v) is 3.01. The summed E-state index contributed by atoms with van der Waals surface area (Å²) in [5, 5.41) is 8.11. The topological polar surface area (TPSA) is 66.8 Å². The highest BCUT2D eigenvalue weighted by Gasteiger charge is 2.35. The van der Waals surface area contributed by atoms with Gasteiger partial charge in [0.2, 0.25) is 5.91 Å². The molecule has 5 nitrogen and oxygen atoms in total. The second-order valence-electron chi connectivity index (χ2n) is 2.05. The fraction of sp³-hybridized carbons (Fsp3) is 0.500. The van der Waals surface area contributed by atoms with Gasteiger partial charge in [-0.2, -0.15) is 0 Å². The molecule has 6 heteroatoms. The van der Waals surface area contributed by atoms with Gasteiger partial charge in [-0.3, -0.25) is 4.79 Å². The molecule has 1 fully saturated rings.